The molecule has 0 radical (unpaired) electrons. The largest absolute Gasteiger partial charge is 0.0949 e. The molecule has 1 atom stereocenters. The van der Waals surface area contributed by atoms with Crippen molar-refractivity contribution < 1.29 is 0 Å². The maximum absolute atomic E-state index is 3.21. The molecular formula is C11H18. The fourth-order valence-electron chi connectivity index (χ4n) is 0.467. The van der Waals surface area contributed by atoms with Crippen molar-refractivity contribution in [1.29, 1.82) is 0 Å². The number of allylic oxidation sites excluding steroid dienone is 2. The standard InChI is InChI=1S/C11H18/c1-6-10(4)7-8-11(5)9(2)3/h6,9,11H,1-5H3. The van der Waals surface area contributed by atoms with Crippen LogP contribution in [0.25, 0.3) is 0 Å². The van der Waals surface area contributed by atoms with Crippen LogP contribution >= 0.6 is 0 Å². The summed E-state index contributed by atoms with van der Waals surface area (Å²) in [5.41, 5.74) is 1.16. The smallest absolute Gasteiger partial charge is 0.0201 e. The predicted molar refractivity (Wildman–Crippen MR) is 51.2 cm³/mol. The van der Waals surface area contributed by atoms with Crippen LogP contribution in [-0.2, 0) is 0 Å². The lowest BCUT2D eigenvalue weighted by Gasteiger charge is -2.06. The minimum atomic E-state index is 0.505. The molecule has 1 unspecified atom stereocenters. The Morgan fingerprint density at radius 1 is 1.27 bits per heavy atom. The molecule has 0 aromatic rings. The topological polar surface area (TPSA) is 0 Å². The zero-order valence-electron chi connectivity index (χ0n) is 8.23. The van der Waals surface area contributed by atoms with E-state index in [1.807, 2.05) is 19.9 Å². The van der Waals surface area contributed by atoms with Gasteiger partial charge in [-0.25, -0.2) is 0 Å². The first-order chi connectivity index (χ1) is 5.07. The van der Waals surface area contributed by atoms with Crippen LogP contribution in [0.1, 0.15) is 34.6 Å². The fraction of sp³-hybridized carbons (Fsp3) is 0.636. The molecule has 0 nitrogen and oxygen atoms in total. The van der Waals surface area contributed by atoms with E-state index in [9.17, 15) is 0 Å². The Bertz CT molecular complexity index is 186. The van der Waals surface area contributed by atoms with E-state index in [1.165, 1.54) is 0 Å². The summed E-state index contributed by atoms with van der Waals surface area (Å²) in [5, 5.41) is 0. The summed E-state index contributed by atoms with van der Waals surface area (Å²) in [7, 11) is 0. The van der Waals surface area contributed by atoms with Crippen molar-refractivity contribution in [2.45, 2.75) is 34.6 Å². The van der Waals surface area contributed by atoms with Crippen LogP contribution in [0.5, 0.6) is 0 Å². The van der Waals surface area contributed by atoms with Gasteiger partial charge >= 0.3 is 0 Å². The highest BCUT2D eigenvalue weighted by molar-refractivity contribution is 5.26. The maximum atomic E-state index is 3.21. The average molecular weight is 150 g/mol. The Balaban J connectivity index is 4.07. The Morgan fingerprint density at radius 2 is 1.82 bits per heavy atom. The summed E-state index contributed by atoms with van der Waals surface area (Å²) in [5.74, 6) is 7.50. The Kier molecular flexibility index (Phi) is 4.70. The lowest BCUT2D eigenvalue weighted by atomic mass is 9.99. The van der Waals surface area contributed by atoms with Gasteiger partial charge in [-0.3, -0.25) is 0 Å². The monoisotopic (exact) mass is 150 g/mol. The Labute approximate surface area is 70.7 Å². The summed E-state index contributed by atoms with van der Waals surface area (Å²) in [6.07, 6.45) is 2.04. The molecule has 0 aliphatic heterocycles. The lowest BCUT2D eigenvalue weighted by Crippen LogP contribution is -1.99. The summed E-state index contributed by atoms with van der Waals surface area (Å²) in [6.45, 7) is 10.6. The van der Waals surface area contributed by atoms with Gasteiger partial charge in [0.25, 0.3) is 0 Å². The molecule has 0 aliphatic carbocycles. The van der Waals surface area contributed by atoms with E-state index in [0.29, 0.717) is 11.8 Å². The van der Waals surface area contributed by atoms with Gasteiger partial charge < -0.3 is 0 Å². The highest BCUT2D eigenvalue weighted by Crippen LogP contribution is 2.07. The van der Waals surface area contributed by atoms with Crippen molar-refractivity contribution in [2.24, 2.45) is 11.8 Å². The third-order valence-electron chi connectivity index (χ3n) is 1.93. The van der Waals surface area contributed by atoms with Crippen molar-refractivity contribution in [3.8, 4) is 11.8 Å². The summed E-state index contributed by atoms with van der Waals surface area (Å²) in [6, 6.07) is 0. The van der Waals surface area contributed by atoms with Gasteiger partial charge in [0.1, 0.15) is 0 Å². The van der Waals surface area contributed by atoms with Crippen molar-refractivity contribution in [3.63, 3.8) is 0 Å². The van der Waals surface area contributed by atoms with Crippen LogP contribution < -0.4 is 0 Å². The van der Waals surface area contributed by atoms with Crippen molar-refractivity contribution in [2.75, 3.05) is 0 Å². The Hall–Kier alpha value is -0.700. The van der Waals surface area contributed by atoms with Gasteiger partial charge in [0, 0.05) is 5.92 Å². The van der Waals surface area contributed by atoms with E-state index in [-0.39, 0.29) is 0 Å². The fourth-order valence-corrected chi connectivity index (χ4v) is 0.467. The zero-order valence-corrected chi connectivity index (χ0v) is 8.23. The number of hydrogen-bond donors (Lipinski definition) is 0. The molecule has 0 bridgehead atoms. The second-order valence-electron chi connectivity index (χ2n) is 3.27. The molecule has 0 aromatic heterocycles. The molecule has 0 heterocycles. The molecule has 62 valence electrons. The molecule has 0 aromatic carbocycles. The second kappa shape index (κ2) is 5.02. The van der Waals surface area contributed by atoms with Crippen molar-refractivity contribution in [1.82, 2.24) is 0 Å². The predicted octanol–water partition coefficient (Wildman–Crippen LogP) is 3.25. The average Bonchev–Trinajstić information content (AvgIpc) is 1.99. The summed E-state index contributed by atoms with van der Waals surface area (Å²) >= 11 is 0. The molecular weight excluding hydrogens is 132 g/mol. The van der Waals surface area contributed by atoms with E-state index >= 15 is 0 Å². The molecule has 0 rings (SSSR count). The van der Waals surface area contributed by atoms with Gasteiger partial charge in [-0.2, -0.15) is 0 Å². The molecule has 0 saturated carbocycles. The van der Waals surface area contributed by atoms with E-state index < -0.39 is 0 Å². The van der Waals surface area contributed by atoms with Crippen LogP contribution in [0.15, 0.2) is 11.6 Å². The molecule has 0 fully saturated rings. The van der Waals surface area contributed by atoms with Crippen LogP contribution in [0.3, 0.4) is 0 Å². The minimum Gasteiger partial charge on any atom is -0.0949 e. The quantitative estimate of drug-likeness (QED) is 0.503. The molecule has 0 spiro atoms. The SMILES string of the molecule is CC=C(C)C#CC(C)C(C)C. The summed E-state index contributed by atoms with van der Waals surface area (Å²) < 4.78 is 0. The molecule has 0 amide bonds. The lowest BCUT2D eigenvalue weighted by molar-refractivity contribution is 0.520. The summed E-state index contributed by atoms with van der Waals surface area (Å²) in [4.78, 5) is 0. The highest BCUT2D eigenvalue weighted by Gasteiger charge is 2.00. The van der Waals surface area contributed by atoms with E-state index in [4.69, 9.17) is 0 Å². The highest BCUT2D eigenvalue weighted by atomic mass is 14.0. The number of hydrogen-bond acceptors (Lipinski definition) is 0. The molecule has 0 heteroatoms. The van der Waals surface area contributed by atoms with E-state index in [2.05, 4.69) is 32.6 Å². The van der Waals surface area contributed by atoms with Crippen LogP contribution in [0, 0.1) is 23.7 Å². The minimum absolute atomic E-state index is 0.505. The molecule has 0 aliphatic rings. The van der Waals surface area contributed by atoms with Gasteiger partial charge in [-0.05, 0) is 25.3 Å². The molecule has 0 saturated heterocycles. The van der Waals surface area contributed by atoms with E-state index in [1.54, 1.807) is 0 Å². The van der Waals surface area contributed by atoms with Crippen molar-refractivity contribution >= 4 is 0 Å². The van der Waals surface area contributed by atoms with Gasteiger partial charge in [0.05, 0.1) is 0 Å². The van der Waals surface area contributed by atoms with Gasteiger partial charge in [0.2, 0.25) is 0 Å². The van der Waals surface area contributed by atoms with Crippen LogP contribution in [0.4, 0.5) is 0 Å². The molecule has 11 heavy (non-hydrogen) atoms. The first-order valence-corrected chi connectivity index (χ1v) is 4.22. The number of rotatable bonds is 1. The van der Waals surface area contributed by atoms with Gasteiger partial charge in [-0.15, -0.1) is 0 Å². The molecule has 0 N–H and O–H groups in total. The third-order valence-corrected chi connectivity index (χ3v) is 1.93. The maximum Gasteiger partial charge on any atom is 0.0201 e. The van der Waals surface area contributed by atoms with Gasteiger partial charge in [-0.1, -0.05) is 38.7 Å². The Morgan fingerprint density at radius 3 is 2.18 bits per heavy atom. The third kappa shape index (κ3) is 4.67. The van der Waals surface area contributed by atoms with E-state index in [0.717, 1.165) is 5.57 Å². The second-order valence-corrected chi connectivity index (χ2v) is 3.27. The first-order valence-electron chi connectivity index (χ1n) is 4.22. The van der Waals surface area contributed by atoms with Crippen LogP contribution in [-0.4, -0.2) is 0 Å². The first kappa shape index (κ1) is 10.3. The zero-order chi connectivity index (χ0) is 8.85. The van der Waals surface area contributed by atoms with Crippen LogP contribution in [0.2, 0.25) is 0 Å². The van der Waals surface area contributed by atoms with Crippen molar-refractivity contribution in [3.05, 3.63) is 11.6 Å². The van der Waals surface area contributed by atoms with Gasteiger partial charge in [0.15, 0.2) is 0 Å². The normalized spacial score (nSPS) is 14.2.